The summed E-state index contributed by atoms with van der Waals surface area (Å²) < 4.78 is 0. The van der Waals surface area contributed by atoms with Gasteiger partial charge in [-0.25, -0.2) is 0 Å². The molecule has 21 heavy (non-hydrogen) atoms. The van der Waals surface area contributed by atoms with E-state index in [9.17, 15) is 0 Å². The highest BCUT2D eigenvalue weighted by Crippen LogP contribution is 2.10. The first-order chi connectivity index (χ1) is 10.3. The molecule has 2 rings (SSSR count). The Morgan fingerprint density at radius 3 is 1.19 bits per heavy atom. The molecule has 2 heteroatoms. The Bertz CT molecular complexity index is 452. The number of aliphatic imine (C=N–C) groups is 2. The molecule has 0 N–H and O–H groups in total. The highest BCUT2D eigenvalue weighted by molar-refractivity contribution is 5.57. The molecule has 2 aromatic rings. The predicted octanol–water partition coefficient (Wildman–Crippen LogP) is 6.66. The Morgan fingerprint density at radius 2 is 0.905 bits per heavy atom. The SMILES string of the molecule is C(=Nc1ccccc1)=Nc1ccccc1.CCC.CCC. The molecule has 0 radical (unpaired) electrons. The third-order valence-corrected chi connectivity index (χ3v) is 1.87. The molecular weight excluding hydrogens is 256 g/mol. The van der Waals surface area contributed by atoms with E-state index in [1.54, 1.807) is 0 Å². The number of hydrogen-bond acceptors (Lipinski definition) is 2. The first-order valence-electron chi connectivity index (χ1n) is 7.54. The van der Waals surface area contributed by atoms with Crippen molar-refractivity contribution in [3.63, 3.8) is 0 Å². The number of benzene rings is 2. The van der Waals surface area contributed by atoms with Crippen molar-refractivity contribution in [3.8, 4) is 0 Å². The van der Waals surface area contributed by atoms with Gasteiger partial charge >= 0.3 is 0 Å². The quantitative estimate of drug-likeness (QED) is 0.550. The summed E-state index contributed by atoms with van der Waals surface area (Å²) in [5, 5.41) is 0. The molecule has 2 aromatic carbocycles. The van der Waals surface area contributed by atoms with E-state index in [1.165, 1.54) is 12.8 Å². The lowest BCUT2D eigenvalue weighted by Crippen LogP contribution is -1.63. The van der Waals surface area contributed by atoms with E-state index < -0.39 is 0 Å². The van der Waals surface area contributed by atoms with Gasteiger partial charge < -0.3 is 0 Å². The van der Waals surface area contributed by atoms with Crippen molar-refractivity contribution in [2.75, 3.05) is 0 Å². The maximum Gasteiger partial charge on any atom is 0.100 e. The highest BCUT2D eigenvalue weighted by atomic mass is 14.8. The Hall–Kier alpha value is -2.18. The molecule has 0 atom stereocenters. The van der Waals surface area contributed by atoms with Gasteiger partial charge in [-0.15, -0.1) is 0 Å². The minimum Gasteiger partial charge on any atom is -0.188 e. The second-order valence-corrected chi connectivity index (χ2v) is 4.41. The van der Waals surface area contributed by atoms with Crippen LogP contribution in [0.1, 0.15) is 40.5 Å². The van der Waals surface area contributed by atoms with Crippen molar-refractivity contribution >= 4 is 17.4 Å². The summed E-state index contributed by atoms with van der Waals surface area (Å²) in [5.41, 5.74) is 1.72. The second kappa shape index (κ2) is 14.2. The minimum atomic E-state index is 0.859. The lowest BCUT2D eigenvalue weighted by Gasteiger charge is -1.87. The summed E-state index contributed by atoms with van der Waals surface area (Å²) in [6, 6.07) is 21.9. The zero-order valence-electron chi connectivity index (χ0n) is 13.6. The molecule has 0 unspecified atom stereocenters. The zero-order chi connectivity index (χ0) is 15.8. The van der Waals surface area contributed by atoms with Crippen molar-refractivity contribution in [3.05, 3.63) is 60.7 Å². The standard InChI is InChI=1S/C13H10N2.2C3H8/c1-3-7-12(8-4-1)14-11-15-13-9-5-2-6-10-13;2*1-3-2/h1-10H;2*3H2,1-2H3. The van der Waals surface area contributed by atoms with Gasteiger partial charge in [-0.05, 0) is 24.3 Å². The number of para-hydroxylation sites is 2. The molecule has 0 saturated carbocycles. The molecule has 2 nitrogen and oxygen atoms in total. The topological polar surface area (TPSA) is 24.7 Å². The lowest BCUT2D eigenvalue weighted by molar-refractivity contribution is 1.09. The van der Waals surface area contributed by atoms with Crippen LogP contribution in [-0.4, -0.2) is 6.01 Å². The van der Waals surface area contributed by atoms with E-state index in [0.717, 1.165) is 11.4 Å². The van der Waals surface area contributed by atoms with E-state index in [1.807, 2.05) is 60.7 Å². The van der Waals surface area contributed by atoms with Gasteiger partial charge in [0, 0.05) is 0 Å². The van der Waals surface area contributed by atoms with Crippen molar-refractivity contribution < 1.29 is 0 Å². The molecule has 0 amide bonds. The third kappa shape index (κ3) is 11.4. The summed E-state index contributed by atoms with van der Waals surface area (Å²) in [6.07, 6.45) is 2.50. The molecule has 0 aliphatic heterocycles. The Kier molecular flexibility index (Phi) is 12.8. The largest absolute Gasteiger partial charge is 0.188 e. The van der Waals surface area contributed by atoms with Crippen LogP contribution in [0.2, 0.25) is 0 Å². The summed E-state index contributed by atoms with van der Waals surface area (Å²) in [4.78, 5) is 8.17. The van der Waals surface area contributed by atoms with Gasteiger partial charge in [0.05, 0.1) is 11.4 Å². The number of nitrogens with zero attached hydrogens (tertiary/aromatic N) is 2. The van der Waals surface area contributed by atoms with Crippen LogP contribution >= 0.6 is 0 Å². The highest BCUT2D eigenvalue weighted by Gasteiger charge is 1.83. The van der Waals surface area contributed by atoms with E-state index in [4.69, 9.17) is 0 Å². The molecule has 0 aliphatic rings. The first-order valence-corrected chi connectivity index (χ1v) is 7.54. The Balaban J connectivity index is 0.000000578. The van der Waals surface area contributed by atoms with Gasteiger partial charge in [0.25, 0.3) is 0 Å². The normalized spacial score (nSPS) is 8.19. The molecule has 0 spiro atoms. The van der Waals surface area contributed by atoms with Gasteiger partial charge in [0.1, 0.15) is 6.01 Å². The summed E-state index contributed by atoms with van der Waals surface area (Å²) in [6.45, 7) is 8.50. The second-order valence-electron chi connectivity index (χ2n) is 4.41. The van der Waals surface area contributed by atoms with Crippen molar-refractivity contribution in [1.82, 2.24) is 0 Å². The Labute approximate surface area is 129 Å². The molecule has 0 aliphatic carbocycles. The molecule has 0 heterocycles. The summed E-state index contributed by atoms with van der Waals surface area (Å²) in [5.74, 6) is 0. The van der Waals surface area contributed by atoms with Gasteiger partial charge in [-0.3, -0.25) is 0 Å². The zero-order valence-corrected chi connectivity index (χ0v) is 13.6. The maximum atomic E-state index is 4.08. The van der Waals surface area contributed by atoms with Gasteiger partial charge in [-0.2, -0.15) is 9.98 Å². The molecule has 0 saturated heterocycles. The van der Waals surface area contributed by atoms with Crippen molar-refractivity contribution in [1.29, 1.82) is 0 Å². The fourth-order valence-electron chi connectivity index (χ4n) is 1.15. The van der Waals surface area contributed by atoms with Crippen LogP contribution in [0.25, 0.3) is 0 Å². The van der Waals surface area contributed by atoms with Gasteiger partial charge in [0.15, 0.2) is 0 Å². The lowest BCUT2D eigenvalue weighted by atomic mass is 10.3. The number of rotatable bonds is 2. The van der Waals surface area contributed by atoms with Crippen LogP contribution in [0.15, 0.2) is 70.6 Å². The van der Waals surface area contributed by atoms with Gasteiger partial charge in [-0.1, -0.05) is 76.9 Å². The minimum absolute atomic E-state index is 0.859. The van der Waals surface area contributed by atoms with Gasteiger partial charge in [0.2, 0.25) is 0 Å². The fourth-order valence-corrected chi connectivity index (χ4v) is 1.15. The van der Waals surface area contributed by atoms with Crippen LogP contribution in [0.5, 0.6) is 0 Å². The van der Waals surface area contributed by atoms with Crippen LogP contribution in [0.3, 0.4) is 0 Å². The number of hydrogen-bond donors (Lipinski definition) is 0. The van der Waals surface area contributed by atoms with E-state index >= 15 is 0 Å². The predicted molar refractivity (Wildman–Crippen MR) is 94.0 cm³/mol. The molecule has 0 aromatic heterocycles. The molecule has 112 valence electrons. The molecule has 0 bridgehead atoms. The first kappa shape index (κ1) is 18.8. The van der Waals surface area contributed by atoms with Crippen LogP contribution in [-0.2, 0) is 0 Å². The van der Waals surface area contributed by atoms with E-state index in [2.05, 4.69) is 43.7 Å². The molecular formula is C19H26N2. The van der Waals surface area contributed by atoms with Crippen LogP contribution < -0.4 is 0 Å². The van der Waals surface area contributed by atoms with E-state index in [0.29, 0.717) is 0 Å². The van der Waals surface area contributed by atoms with E-state index in [-0.39, 0.29) is 0 Å². The fraction of sp³-hybridized carbons (Fsp3) is 0.316. The average Bonchev–Trinajstić information content (AvgIpc) is 2.51. The summed E-state index contributed by atoms with van der Waals surface area (Å²) in [7, 11) is 0. The van der Waals surface area contributed by atoms with Crippen molar-refractivity contribution in [2.24, 2.45) is 9.98 Å². The summed E-state index contributed by atoms with van der Waals surface area (Å²) >= 11 is 0. The van der Waals surface area contributed by atoms with Crippen LogP contribution in [0, 0.1) is 0 Å². The molecule has 0 fully saturated rings. The third-order valence-electron chi connectivity index (χ3n) is 1.87. The maximum absolute atomic E-state index is 4.08. The van der Waals surface area contributed by atoms with Crippen LogP contribution in [0.4, 0.5) is 11.4 Å². The average molecular weight is 282 g/mol. The van der Waals surface area contributed by atoms with Crippen molar-refractivity contribution in [2.45, 2.75) is 40.5 Å². The smallest absolute Gasteiger partial charge is 0.100 e. The monoisotopic (exact) mass is 282 g/mol. The Morgan fingerprint density at radius 1 is 0.619 bits per heavy atom.